The second-order valence-electron chi connectivity index (χ2n) is 5.55. The van der Waals surface area contributed by atoms with E-state index in [1.165, 1.54) is 11.1 Å². The number of carbonyl (C=O) groups is 2. The molecule has 1 aromatic heterocycles. The molecule has 1 amide bonds. The topological polar surface area (TPSA) is 70.5 Å². The number of carboxylic acids is 1. The Morgan fingerprint density at radius 1 is 1.29 bits per heavy atom. The fourth-order valence-electron chi connectivity index (χ4n) is 2.94. The van der Waals surface area contributed by atoms with E-state index in [1.54, 1.807) is 13.1 Å². The number of aromatic nitrogens is 1. The van der Waals surface area contributed by atoms with Crippen LogP contribution in [0.3, 0.4) is 0 Å². The number of amides is 1. The molecule has 0 saturated carbocycles. The number of hydrogen-bond acceptors (Lipinski definition) is 3. The van der Waals surface area contributed by atoms with E-state index in [1.807, 2.05) is 24.3 Å². The third-order valence-electron chi connectivity index (χ3n) is 4.25. The van der Waals surface area contributed by atoms with Gasteiger partial charge < -0.3 is 10.0 Å². The van der Waals surface area contributed by atoms with E-state index >= 15 is 0 Å². The molecular formula is C16H16N2O3. The second-order valence-corrected chi connectivity index (χ2v) is 5.55. The quantitative estimate of drug-likeness (QED) is 0.918. The number of likely N-dealkylation sites (tertiary alicyclic amines) is 1. The molecule has 1 N–H and O–H groups in total. The molecule has 5 nitrogen and oxygen atoms in total. The van der Waals surface area contributed by atoms with Crippen LogP contribution in [0.15, 0.2) is 36.7 Å². The van der Waals surface area contributed by atoms with Crippen molar-refractivity contribution in [1.82, 2.24) is 9.88 Å². The monoisotopic (exact) mass is 284 g/mol. The molecule has 2 heterocycles. The zero-order valence-electron chi connectivity index (χ0n) is 11.7. The maximum atomic E-state index is 12.8. The highest BCUT2D eigenvalue weighted by molar-refractivity contribution is 6.08. The number of carboxylic acid groups (broad SMARTS) is 1. The Hall–Kier alpha value is -2.43. The van der Waals surface area contributed by atoms with Gasteiger partial charge in [0.05, 0.1) is 5.56 Å². The maximum Gasteiger partial charge on any atom is 0.329 e. The second kappa shape index (κ2) is 4.84. The van der Waals surface area contributed by atoms with Crippen LogP contribution in [0.2, 0.25) is 0 Å². The third kappa shape index (κ3) is 2.05. The van der Waals surface area contributed by atoms with Gasteiger partial charge in [-0.2, -0.15) is 0 Å². The van der Waals surface area contributed by atoms with Gasteiger partial charge in [-0.3, -0.25) is 9.78 Å². The van der Waals surface area contributed by atoms with Crippen LogP contribution < -0.4 is 0 Å². The molecule has 5 heteroatoms. The average molecular weight is 284 g/mol. The molecule has 1 aliphatic rings. The number of rotatable bonds is 2. The van der Waals surface area contributed by atoms with Crippen molar-refractivity contribution < 1.29 is 14.7 Å². The molecule has 21 heavy (non-hydrogen) atoms. The third-order valence-corrected chi connectivity index (χ3v) is 4.25. The lowest BCUT2D eigenvalue weighted by atomic mass is 9.98. The number of nitrogens with zero attached hydrogens (tertiary/aromatic N) is 2. The van der Waals surface area contributed by atoms with Gasteiger partial charge in [0.25, 0.3) is 5.91 Å². The number of carbonyl (C=O) groups excluding carboxylic acids is 1. The average Bonchev–Trinajstić information content (AvgIpc) is 2.89. The molecule has 3 rings (SSSR count). The number of pyridine rings is 1. The lowest BCUT2D eigenvalue weighted by Crippen LogP contribution is -2.50. The van der Waals surface area contributed by atoms with E-state index in [0.29, 0.717) is 24.9 Å². The summed E-state index contributed by atoms with van der Waals surface area (Å²) in [5.74, 6) is -1.22. The number of hydrogen-bond donors (Lipinski definition) is 1. The normalized spacial score (nSPS) is 21.7. The Bertz CT molecular complexity index is 723. The summed E-state index contributed by atoms with van der Waals surface area (Å²) in [7, 11) is 0. The van der Waals surface area contributed by atoms with Crippen LogP contribution in [0.25, 0.3) is 10.8 Å². The fourth-order valence-corrected chi connectivity index (χ4v) is 2.94. The van der Waals surface area contributed by atoms with Crippen LogP contribution in [-0.2, 0) is 4.79 Å². The minimum Gasteiger partial charge on any atom is -0.480 e. The lowest BCUT2D eigenvalue weighted by molar-refractivity contribution is -0.147. The molecular weight excluding hydrogens is 268 g/mol. The number of aliphatic carboxylic acids is 1. The van der Waals surface area contributed by atoms with Crippen LogP contribution in [0.4, 0.5) is 0 Å². The molecule has 0 unspecified atom stereocenters. The summed E-state index contributed by atoms with van der Waals surface area (Å²) in [4.78, 5) is 29.9. The van der Waals surface area contributed by atoms with Crippen molar-refractivity contribution in [3.8, 4) is 0 Å². The summed E-state index contributed by atoms with van der Waals surface area (Å²) in [6.07, 6.45) is 4.40. The lowest BCUT2D eigenvalue weighted by Gasteiger charge is -2.31. The molecule has 1 aliphatic heterocycles. The van der Waals surface area contributed by atoms with Crippen LogP contribution in [0.5, 0.6) is 0 Å². The van der Waals surface area contributed by atoms with Gasteiger partial charge in [0.15, 0.2) is 0 Å². The van der Waals surface area contributed by atoms with E-state index in [9.17, 15) is 14.7 Å². The number of benzene rings is 1. The highest BCUT2D eigenvalue weighted by Crippen LogP contribution is 2.32. The van der Waals surface area contributed by atoms with E-state index < -0.39 is 11.5 Å². The summed E-state index contributed by atoms with van der Waals surface area (Å²) in [6.45, 7) is 2.07. The van der Waals surface area contributed by atoms with Crippen LogP contribution in [-0.4, -0.2) is 39.0 Å². The first-order chi connectivity index (χ1) is 10.0. The molecule has 0 aliphatic carbocycles. The van der Waals surface area contributed by atoms with Crippen molar-refractivity contribution in [3.63, 3.8) is 0 Å². The summed E-state index contributed by atoms with van der Waals surface area (Å²) in [5, 5.41) is 11.1. The van der Waals surface area contributed by atoms with Crippen molar-refractivity contribution in [2.75, 3.05) is 6.54 Å². The van der Waals surface area contributed by atoms with E-state index in [-0.39, 0.29) is 5.91 Å². The fraction of sp³-hybridized carbons (Fsp3) is 0.312. The van der Waals surface area contributed by atoms with Gasteiger partial charge in [-0.25, -0.2) is 4.79 Å². The van der Waals surface area contributed by atoms with E-state index in [0.717, 1.165) is 10.8 Å². The summed E-state index contributed by atoms with van der Waals surface area (Å²) >= 11 is 0. The van der Waals surface area contributed by atoms with Crippen LogP contribution in [0.1, 0.15) is 30.1 Å². The molecule has 0 bridgehead atoms. The van der Waals surface area contributed by atoms with Crippen molar-refractivity contribution in [2.24, 2.45) is 0 Å². The van der Waals surface area contributed by atoms with Gasteiger partial charge in [0.2, 0.25) is 0 Å². The van der Waals surface area contributed by atoms with Crippen molar-refractivity contribution >= 4 is 22.6 Å². The Balaban J connectivity index is 2.07. The summed E-state index contributed by atoms with van der Waals surface area (Å²) in [6, 6.07) is 7.49. The molecule has 1 aromatic carbocycles. The molecule has 0 radical (unpaired) electrons. The molecule has 1 atom stereocenters. The standard InChI is InChI=1S/C16H16N2O3/c1-16(15(20)21)7-4-8-18(16)14(19)13-10-17-9-11-5-2-3-6-12(11)13/h2-3,5-6,9-10H,4,7-8H2,1H3,(H,20,21)/t16-/m0/s1. The van der Waals surface area contributed by atoms with Crippen molar-refractivity contribution in [2.45, 2.75) is 25.3 Å². The van der Waals surface area contributed by atoms with Crippen LogP contribution in [0, 0.1) is 0 Å². The highest BCUT2D eigenvalue weighted by atomic mass is 16.4. The predicted molar refractivity (Wildman–Crippen MR) is 78.1 cm³/mol. The van der Waals surface area contributed by atoms with Gasteiger partial charge in [-0.15, -0.1) is 0 Å². The first kappa shape index (κ1) is 13.5. The SMILES string of the molecule is C[C@@]1(C(=O)O)CCCN1C(=O)c1cncc2ccccc12. The Labute approximate surface area is 122 Å². The van der Waals surface area contributed by atoms with Crippen molar-refractivity contribution in [3.05, 3.63) is 42.2 Å². The largest absolute Gasteiger partial charge is 0.480 e. The van der Waals surface area contributed by atoms with Gasteiger partial charge in [0.1, 0.15) is 5.54 Å². The summed E-state index contributed by atoms with van der Waals surface area (Å²) in [5.41, 5.74) is -0.670. The molecule has 1 saturated heterocycles. The summed E-state index contributed by atoms with van der Waals surface area (Å²) < 4.78 is 0. The van der Waals surface area contributed by atoms with E-state index in [4.69, 9.17) is 0 Å². The Morgan fingerprint density at radius 2 is 2.05 bits per heavy atom. The van der Waals surface area contributed by atoms with Crippen LogP contribution >= 0.6 is 0 Å². The Kier molecular flexibility index (Phi) is 3.12. The highest BCUT2D eigenvalue weighted by Gasteiger charge is 2.46. The molecule has 108 valence electrons. The molecule has 1 fully saturated rings. The minimum absolute atomic E-state index is 0.262. The van der Waals surface area contributed by atoms with Gasteiger partial charge in [-0.05, 0) is 25.2 Å². The van der Waals surface area contributed by atoms with Gasteiger partial charge in [-0.1, -0.05) is 24.3 Å². The van der Waals surface area contributed by atoms with Crippen molar-refractivity contribution in [1.29, 1.82) is 0 Å². The van der Waals surface area contributed by atoms with Gasteiger partial charge in [0, 0.05) is 24.3 Å². The smallest absolute Gasteiger partial charge is 0.329 e. The molecule has 2 aromatic rings. The van der Waals surface area contributed by atoms with Gasteiger partial charge >= 0.3 is 5.97 Å². The Morgan fingerprint density at radius 3 is 2.81 bits per heavy atom. The number of fused-ring (bicyclic) bond motifs is 1. The predicted octanol–water partition coefficient (Wildman–Crippen LogP) is 2.31. The minimum atomic E-state index is -1.13. The first-order valence-electron chi connectivity index (χ1n) is 6.92. The zero-order valence-corrected chi connectivity index (χ0v) is 11.7. The molecule has 0 spiro atoms. The maximum absolute atomic E-state index is 12.8. The zero-order chi connectivity index (χ0) is 15.0. The van der Waals surface area contributed by atoms with E-state index in [2.05, 4.69) is 4.98 Å². The first-order valence-corrected chi connectivity index (χ1v) is 6.92.